The summed E-state index contributed by atoms with van der Waals surface area (Å²) in [6.07, 6.45) is -4.71. The second kappa shape index (κ2) is 7.56. The van der Waals surface area contributed by atoms with Gasteiger partial charge in [-0.3, -0.25) is 10.00 Å². The maximum Gasteiger partial charge on any atom is 0.416 e. The van der Waals surface area contributed by atoms with Crippen molar-refractivity contribution in [2.24, 2.45) is 5.73 Å². The Morgan fingerprint density at radius 1 is 1.06 bits per heavy atom. The van der Waals surface area contributed by atoms with Gasteiger partial charge in [0, 0.05) is 0 Å². The average Bonchev–Trinajstić information content (AvgIpc) is 3.12. The Morgan fingerprint density at radius 3 is 2.38 bits per heavy atom. The maximum absolute atomic E-state index is 14.4. The van der Waals surface area contributed by atoms with Crippen molar-refractivity contribution in [1.82, 2.24) is 10.2 Å². The fourth-order valence-corrected chi connectivity index (χ4v) is 3.57. The minimum Gasteiger partial charge on any atom is -0.382 e. The molecular weight excluding hydrogens is 426 g/mol. The number of aromatic amines is 1. The third-order valence-electron chi connectivity index (χ3n) is 5.13. The van der Waals surface area contributed by atoms with Crippen LogP contribution in [0.4, 0.5) is 39.5 Å². The lowest BCUT2D eigenvalue weighted by molar-refractivity contribution is -0.137. The van der Waals surface area contributed by atoms with Crippen LogP contribution in [0.25, 0.3) is 22.0 Å². The number of nitrogens with one attached hydrogen (secondary N) is 1. The minimum atomic E-state index is -4.71. The molecule has 5 N–H and O–H groups in total. The molecule has 0 fully saturated rings. The van der Waals surface area contributed by atoms with Crippen molar-refractivity contribution in [1.29, 1.82) is 0 Å². The van der Waals surface area contributed by atoms with Crippen LogP contribution in [-0.4, -0.2) is 16.2 Å². The van der Waals surface area contributed by atoms with E-state index in [4.69, 9.17) is 11.5 Å². The van der Waals surface area contributed by atoms with Gasteiger partial charge in [-0.05, 0) is 53.9 Å². The smallest absolute Gasteiger partial charge is 0.382 e. The molecule has 0 aliphatic heterocycles. The van der Waals surface area contributed by atoms with Gasteiger partial charge in [0.05, 0.1) is 27.8 Å². The first-order valence-electron chi connectivity index (χ1n) is 9.38. The average molecular weight is 443 g/mol. The molecule has 4 rings (SSSR count). The van der Waals surface area contributed by atoms with Crippen LogP contribution in [0.2, 0.25) is 0 Å². The lowest BCUT2D eigenvalue weighted by Gasteiger charge is -2.22. The Kier molecular flexibility index (Phi) is 5.00. The van der Waals surface area contributed by atoms with E-state index in [9.17, 15) is 22.4 Å². The Morgan fingerprint density at radius 2 is 1.75 bits per heavy atom. The molecule has 164 valence electrons. The number of anilines is 3. The van der Waals surface area contributed by atoms with Crippen LogP contribution in [0, 0.1) is 12.7 Å². The summed E-state index contributed by atoms with van der Waals surface area (Å²) in [7, 11) is 0. The van der Waals surface area contributed by atoms with Crippen LogP contribution in [0.3, 0.4) is 0 Å². The molecule has 3 aromatic carbocycles. The number of amides is 2. The molecule has 0 aliphatic rings. The van der Waals surface area contributed by atoms with Crippen molar-refractivity contribution in [3.05, 3.63) is 71.5 Å². The number of carbonyl (C=O) groups excluding carboxylic acids is 1. The van der Waals surface area contributed by atoms with Crippen molar-refractivity contribution in [2.75, 3.05) is 10.6 Å². The molecule has 0 radical (unpaired) electrons. The molecule has 10 heteroatoms. The van der Waals surface area contributed by atoms with Gasteiger partial charge in [-0.15, -0.1) is 0 Å². The van der Waals surface area contributed by atoms with Gasteiger partial charge >= 0.3 is 12.2 Å². The van der Waals surface area contributed by atoms with E-state index < -0.39 is 29.3 Å². The van der Waals surface area contributed by atoms with Crippen molar-refractivity contribution in [2.45, 2.75) is 13.1 Å². The molecule has 4 aromatic rings. The van der Waals surface area contributed by atoms with Gasteiger partial charge < -0.3 is 11.5 Å². The molecule has 2 amide bonds. The van der Waals surface area contributed by atoms with Gasteiger partial charge in [0.2, 0.25) is 0 Å². The minimum absolute atomic E-state index is 0.1000. The molecule has 0 unspecified atom stereocenters. The van der Waals surface area contributed by atoms with Gasteiger partial charge in [0.25, 0.3) is 0 Å². The van der Waals surface area contributed by atoms with E-state index in [2.05, 4.69) is 10.2 Å². The zero-order valence-corrected chi connectivity index (χ0v) is 16.7. The van der Waals surface area contributed by atoms with E-state index in [1.54, 1.807) is 12.1 Å². The number of H-pyrrole nitrogens is 1. The summed E-state index contributed by atoms with van der Waals surface area (Å²) >= 11 is 0. The Balaban J connectivity index is 1.79. The van der Waals surface area contributed by atoms with Crippen molar-refractivity contribution in [3.63, 3.8) is 0 Å². The highest BCUT2D eigenvalue weighted by Gasteiger charge is 2.32. The highest BCUT2D eigenvalue weighted by atomic mass is 19.4. The summed E-state index contributed by atoms with van der Waals surface area (Å²) in [6, 6.07) is 10.6. The van der Waals surface area contributed by atoms with E-state index in [1.807, 2.05) is 19.1 Å². The monoisotopic (exact) mass is 443 g/mol. The van der Waals surface area contributed by atoms with Crippen LogP contribution in [0.15, 0.2) is 54.6 Å². The molecule has 6 nitrogen and oxygen atoms in total. The van der Waals surface area contributed by atoms with Crippen LogP contribution in [0.5, 0.6) is 0 Å². The molecule has 0 aliphatic carbocycles. The number of hydrogen-bond acceptors (Lipinski definition) is 3. The van der Waals surface area contributed by atoms with Gasteiger partial charge in [0.15, 0.2) is 5.82 Å². The molecule has 0 saturated heterocycles. The number of nitrogens with zero attached hydrogens (tertiary/aromatic N) is 2. The van der Waals surface area contributed by atoms with Crippen LogP contribution >= 0.6 is 0 Å². The number of hydrogen-bond donors (Lipinski definition) is 3. The van der Waals surface area contributed by atoms with E-state index in [0.717, 1.165) is 16.6 Å². The van der Waals surface area contributed by atoms with E-state index in [0.29, 0.717) is 39.9 Å². The molecular formula is C22H17F4N5O. The van der Waals surface area contributed by atoms with Crippen molar-refractivity contribution >= 4 is 34.1 Å². The number of fused-ring (bicyclic) bond motifs is 1. The van der Waals surface area contributed by atoms with Gasteiger partial charge in [-0.1, -0.05) is 24.3 Å². The zero-order valence-electron chi connectivity index (χ0n) is 16.7. The van der Waals surface area contributed by atoms with Crippen LogP contribution < -0.4 is 16.4 Å². The predicted octanol–water partition coefficient (Wildman–Crippen LogP) is 5.50. The van der Waals surface area contributed by atoms with Crippen molar-refractivity contribution in [3.8, 4) is 11.1 Å². The molecule has 1 heterocycles. The van der Waals surface area contributed by atoms with Gasteiger partial charge in [-0.25, -0.2) is 9.18 Å². The SMILES string of the molecule is Cc1ccc(-c2ccc(N(C(N)=O)c3cc(C(F)(F)F)ccc3F)cc2)c2c(N)n[nH]c12. The van der Waals surface area contributed by atoms with Crippen LogP contribution in [-0.2, 0) is 6.18 Å². The summed E-state index contributed by atoms with van der Waals surface area (Å²) < 4.78 is 53.7. The molecule has 0 saturated carbocycles. The first kappa shape index (κ1) is 21.2. The number of aryl methyl sites for hydroxylation is 1. The molecule has 0 spiro atoms. The first-order valence-corrected chi connectivity index (χ1v) is 9.38. The molecule has 32 heavy (non-hydrogen) atoms. The number of nitrogens with two attached hydrogens (primary N) is 2. The Hall–Kier alpha value is -4.08. The van der Waals surface area contributed by atoms with Crippen molar-refractivity contribution < 1.29 is 22.4 Å². The fourth-order valence-electron chi connectivity index (χ4n) is 3.57. The Bertz CT molecular complexity index is 1330. The number of urea groups is 1. The number of alkyl halides is 3. The quantitative estimate of drug-likeness (QED) is 0.365. The number of rotatable bonds is 3. The maximum atomic E-state index is 14.4. The predicted molar refractivity (Wildman–Crippen MR) is 114 cm³/mol. The lowest BCUT2D eigenvalue weighted by atomic mass is 9.99. The standard InChI is InChI=1S/C22H17F4N5O/c1-11-2-8-15(18-19(11)29-30-20(18)27)12-3-6-14(7-4-12)31(21(28)32)17-10-13(22(24,25)26)5-9-16(17)23/h2-10H,1H3,(H2,28,32)(H3,27,29,30). The van der Waals surface area contributed by atoms with E-state index in [1.165, 1.54) is 12.1 Å². The number of aromatic nitrogens is 2. The fraction of sp³-hybridized carbons (Fsp3) is 0.0909. The van der Waals surface area contributed by atoms with Crippen LogP contribution in [0.1, 0.15) is 11.1 Å². The summed E-state index contributed by atoms with van der Waals surface area (Å²) in [5.74, 6) is -0.708. The summed E-state index contributed by atoms with van der Waals surface area (Å²) in [6.45, 7) is 1.90. The van der Waals surface area contributed by atoms with E-state index >= 15 is 0 Å². The topological polar surface area (TPSA) is 101 Å². The normalized spacial score (nSPS) is 11.7. The molecule has 0 atom stereocenters. The first-order chi connectivity index (χ1) is 15.1. The number of benzene rings is 3. The number of carbonyl (C=O) groups is 1. The largest absolute Gasteiger partial charge is 0.416 e. The number of halogens is 4. The third kappa shape index (κ3) is 3.59. The third-order valence-corrected chi connectivity index (χ3v) is 5.13. The van der Waals surface area contributed by atoms with Gasteiger partial charge in [0.1, 0.15) is 5.82 Å². The Labute approximate surface area is 179 Å². The second-order valence-corrected chi connectivity index (χ2v) is 7.17. The summed E-state index contributed by atoms with van der Waals surface area (Å²) in [4.78, 5) is 12.7. The number of primary amides is 1. The molecule has 0 bridgehead atoms. The lowest BCUT2D eigenvalue weighted by Crippen LogP contribution is -2.32. The number of nitrogen functional groups attached to an aromatic ring is 1. The second-order valence-electron chi connectivity index (χ2n) is 7.17. The zero-order chi connectivity index (χ0) is 23.2. The van der Waals surface area contributed by atoms with Gasteiger partial charge in [-0.2, -0.15) is 18.3 Å². The highest BCUT2D eigenvalue weighted by molar-refractivity contribution is 6.03. The molecule has 1 aromatic heterocycles. The van der Waals surface area contributed by atoms with E-state index in [-0.39, 0.29) is 5.69 Å². The summed E-state index contributed by atoms with van der Waals surface area (Å²) in [5.41, 5.74) is 13.0. The highest BCUT2D eigenvalue weighted by Crippen LogP contribution is 2.37. The summed E-state index contributed by atoms with van der Waals surface area (Å²) in [5, 5.41) is 7.63.